The van der Waals surface area contributed by atoms with E-state index in [1.54, 1.807) is 6.20 Å². The van der Waals surface area contributed by atoms with Crippen LogP contribution in [0.3, 0.4) is 0 Å². The molecule has 0 aliphatic carbocycles. The van der Waals surface area contributed by atoms with E-state index >= 15 is 0 Å². The van der Waals surface area contributed by atoms with Crippen LogP contribution in [0.25, 0.3) is 11.0 Å². The van der Waals surface area contributed by atoms with Crippen LogP contribution < -0.4 is 0 Å². The fourth-order valence-electron chi connectivity index (χ4n) is 2.94. The Hall–Kier alpha value is -2.01. The summed E-state index contributed by atoms with van der Waals surface area (Å²) in [6.45, 7) is 6.89. The van der Waals surface area contributed by atoms with Crippen LogP contribution in [0.15, 0.2) is 30.5 Å². The third kappa shape index (κ3) is 3.25. The Morgan fingerprint density at radius 2 is 1.95 bits per heavy atom. The number of amides is 1. The number of carbonyl (C=O) groups is 1. The second kappa shape index (κ2) is 6.83. The van der Waals surface area contributed by atoms with E-state index in [-0.39, 0.29) is 5.91 Å². The number of para-hydroxylation sites is 2. The van der Waals surface area contributed by atoms with Gasteiger partial charge in [0.05, 0.1) is 17.2 Å². The molecule has 0 spiro atoms. The predicted molar refractivity (Wildman–Crippen MR) is 86.8 cm³/mol. The SMILES string of the molecule is CCCN1CCCN(C(=O)c2cnc3ccccc3n2)CC1. The van der Waals surface area contributed by atoms with Crippen LogP contribution in [0, 0.1) is 0 Å². The number of nitrogens with zero attached hydrogens (tertiary/aromatic N) is 4. The van der Waals surface area contributed by atoms with Crippen LogP contribution in [-0.4, -0.2) is 58.4 Å². The van der Waals surface area contributed by atoms with Crippen molar-refractivity contribution in [2.24, 2.45) is 0 Å². The number of carbonyl (C=O) groups excluding carboxylic acids is 1. The van der Waals surface area contributed by atoms with Crippen LogP contribution >= 0.6 is 0 Å². The minimum Gasteiger partial charge on any atom is -0.336 e. The summed E-state index contributed by atoms with van der Waals surface area (Å²) in [6, 6.07) is 7.64. The summed E-state index contributed by atoms with van der Waals surface area (Å²) in [5.74, 6) is -0.00315. The highest BCUT2D eigenvalue weighted by molar-refractivity contribution is 5.93. The molecule has 0 radical (unpaired) electrons. The quantitative estimate of drug-likeness (QED) is 0.871. The molecule has 0 atom stereocenters. The smallest absolute Gasteiger partial charge is 0.274 e. The van der Waals surface area contributed by atoms with Crippen LogP contribution in [0.4, 0.5) is 0 Å². The molecule has 5 nitrogen and oxygen atoms in total. The normalized spacial score (nSPS) is 16.7. The van der Waals surface area contributed by atoms with Gasteiger partial charge < -0.3 is 9.80 Å². The first-order chi connectivity index (χ1) is 10.8. The number of aromatic nitrogens is 2. The first-order valence-electron chi connectivity index (χ1n) is 8.01. The maximum Gasteiger partial charge on any atom is 0.274 e. The van der Waals surface area contributed by atoms with Crippen molar-refractivity contribution in [3.05, 3.63) is 36.2 Å². The van der Waals surface area contributed by atoms with Gasteiger partial charge in [0, 0.05) is 19.6 Å². The van der Waals surface area contributed by atoms with Crippen molar-refractivity contribution in [3.8, 4) is 0 Å². The largest absolute Gasteiger partial charge is 0.336 e. The molecular formula is C17H22N4O. The van der Waals surface area contributed by atoms with Crippen molar-refractivity contribution in [1.29, 1.82) is 0 Å². The zero-order valence-corrected chi connectivity index (χ0v) is 13.0. The lowest BCUT2D eigenvalue weighted by Gasteiger charge is -2.21. The van der Waals surface area contributed by atoms with Crippen LogP contribution in [-0.2, 0) is 0 Å². The molecule has 116 valence electrons. The zero-order chi connectivity index (χ0) is 15.4. The summed E-state index contributed by atoms with van der Waals surface area (Å²) in [6.07, 6.45) is 3.77. The van der Waals surface area contributed by atoms with Gasteiger partial charge in [-0.3, -0.25) is 9.78 Å². The molecule has 22 heavy (non-hydrogen) atoms. The molecule has 1 aromatic heterocycles. The molecule has 1 amide bonds. The molecule has 5 heteroatoms. The van der Waals surface area contributed by atoms with E-state index < -0.39 is 0 Å². The van der Waals surface area contributed by atoms with Crippen molar-refractivity contribution in [3.63, 3.8) is 0 Å². The third-order valence-corrected chi connectivity index (χ3v) is 4.08. The van der Waals surface area contributed by atoms with Crippen molar-refractivity contribution in [1.82, 2.24) is 19.8 Å². The Labute approximate surface area is 131 Å². The summed E-state index contributed by atoms with van der Waals surface area (Å²) in [5, 5.41) is 0. The van der Waals surface area contributed by atoms with Gasteiger partial charge in [0.1, 0.15) is 5.69 Å². The lowest BCUT2D eigenvalue weighted by molar-refractivity contribution is 0.0755. The highest BCUT2D eigenvalue weighted by Crippen LogP contribution is 2.12. The van der Waals surface area contributed by atoms with Crippen LogP contribution in [0.2, 0.25) is 0 Å². The maximum absolute atomic E-state index is 12.7. The maximum atomic E-state index is 12.7. The van der Waals surface area contributed by atoms with Gasteiger partial charge in [-0.2, -0.15) is 0 Å². The molecule has 1 aliphatic heterocycles. The van der Waals surface area contributed by atoms with Gasteiger partial charge in [0.25, 0.3) is 5.91 Å². The summed E-state index contributed by atoms with van der Waals surface area (Å²) in [5.41, 5.74) is 2.04. The van der Waals surface area contributed by atoms with Gasteiger partial charge >= 0.3 is 0 Å². The average molecular weight is 298 g/mol. The third-order valence-electron chi connectivity index (χ3n) is 4.08. The predicted octanol–water partition coefficient (Wildman–Crippen LogP) is 2.19. The monoisotopic (exact) mass is 298 g/mol. The molecule has 1 aliphatic rings. The summed E-state index contributed by atoms with van der Waals surface area (Å²) in [7, 11) is 0. The molecule has 2 aromatic rings. The second-order valence-electron chi connectivity index (χ2n) is 5.73. The summed E-state index contributed by atoms with van der Waals surface area (Å²) in [4.78, 5) is 25.8. The highest BCUT2D eigenvalue weighted by atomic mass is 16.2. The van der Waals surface area contributed by atoms with Gasteiger partial charge in [-0.25, -0.2) is 4.98 Å². The van der Waals surface area contributed by atoms with Gasteiger partial charge in [-0.15, -0.1) is 0 Å². The highest BCUT2D eigenvalue weighted by Gasteiger charge is 2.21. The molecular weight excluding hydrogens is 276 g/mol. The summed E-state index contributed by atoms with van der Waals surface area (Å²) >= 11 is 0. The topological polar surface area (TPSA) is 49.3 Å². The molecule has 0 bridgehead atoms. The number of hydrogen-bond acceptors (Lipinski definition) is 4. The number of rotatable bonds is 3. The minimum absolute atomic E-state index is 0.00315. The number of benzene rings is 1. The molecule has 1 aromatic carbocycles. The van der Waals surface area contributed by atoms with E-state index in [2.05, 4.69) is 21.8 Å². The standard InChI is InChI=1S/C17H22N4O/c1-2-8-20-9-5-10-21(12-11-20)17(22)16-13-18-14-6-3-4-7-15(14)19-16/h3-4,6-7,13H,2,5,8-12H2,1H3. The molecule has 0 unspecified atom stereocenters. The Morgan fingerprint density at radius 3 is 2.77 bits per heavy atom. The van der Waals surface area contributed by atoms with Crippen molar-refractivity contribution in [2.75, 3.05) is 32.7 Å². The first-order valence-corrected chi connectivity index (χ1v) is 8.01. The van der Waals surface area contributed by atoms with Gasteiger partial charge in [0.15, 0.2) is 0 Å². The lowest BCUT2D eigenvalue weighted by Crippen LogP contribution is -2.35. The first kappa shape index (κ1) is 14.9. The molecule has 1 fully saturated rings. The van der Waals surface area contributed by atoms with E-state index in [4.69, 9.17) is 0 Å². The Kier molecular flexibility index (Phi) is 4.63. The average Bonchev–Trinajstić information content (AvgIpc) is 2.80. The van der Waals surface area contributed by atoms with E-state index in [9.17, 15) is 4.79 Å². The number of hydrogen-bond donors (Lipinski definition) is 0. The molecule has 1 saturated heterocycles. The van der Waals surface area contributed by atoms with Gasteiger partial charge in [-0.05, 0) is 38.1 Å². The van der Waals surface area contributed by atoms with Crippen molar-refractivity contribution < 1.29 is 4.79 Å². The van der Waals surface area contributed by atoms with E-state index in [1.807, 2.05) is 29.2 Å². The molecule has 3 rings (SSSR count). The second-order valence-corrected chi connectivity index (χ2v) is 5.73. The van der Waals surface area contributed by atoms with Gasteiger partial charge in [-0.1, -0.05) is 19.1 Å². The molecule has 0 N–H and O–H groups in total. The van der Waals surface area contributed by atoms with Crippen LogP contribution in [0.1, 0.15) is 30.3 Å². The van der Waals surface area contributed by atoms with Gasteiger partial charge in [0.2, 0.25) is 0 Å². The fourth-order valence-corrected chi connectivity index (χ4v) is 2.94. The van der Waals surface area contributed by atoms with Crippen molar-refractivity contribution >= 4 is 16.9 Å². The Balaban J connectivity index is 1.74. The van der Waals surface area contributed by atoms with E-state index in [0.717, 1.165) is 56.6 Å². The Bertz CT molecular complexity index is 658. The molecule has 0 saturated carbocycles. The molecule has 2 heterocycles. The zero-order valence-electron chi connectivity index (χ0n) is 13.0. The minimum atomic E-state index is -0.00315. The summed E-state index contributed by atoms with van der Waals surface area (Å²) < 4.78 is 0. The van der Waals surface area contributed by atoms with E-state index in [1.165, 1.54) is 0 Å². The van der Waals surface area contributed by atoms with Crippen LogP contribution in [0.5, 0.6) is 0 Å². The van der Waals surface area contributed by atoms with Crippen molar-refractivity contribution in [2.45, 2.75) is 19.8 Å². The lowest BCUT2D eigenvalue weighted by atomic mass is 10.2. The fraction of sp³-hybridized carbons (Fsp3) is 0.471. The number of fused-ring (bicyclic) bond motifs is 1. The Morgan fingerprint density at radius 1 is 1.14 bits per heavy atom. The van der Waals surface area contributed by atoms with E-state index in [0.29, 0.717) is 5.69 Å².